The van der Waals surface area contributed by atoms with E-state index in [-0.39, 0.29) is 0 Å². The Kier molecular flexibility index (Phi) is 2.97. The van der Waals surface area contributed by atoms with Gasteiger partial charge in [-0.05, 0) is 47.2 Å². The van der Waals surface area contributed by atoms with Gasteiger partial charge in [-0.3, -0.25) is 9.97 Å². The van der Waals surface area contributed by atoms with Crippen molar-refractivity contribution < 1.29 is 8.83 Å². The zero-order valence-electron chi connectivity index (χ0n) is 15.8. The van der Waals surface area contributed by atoms with E-state index in [4.69, 9.17) is 8.83 Å². The number of nitrogens with zero attached hydrogens (tertiary/aromatic N) is 2. The van der Waals surface area contributed by atoms with Gasteiger partial charge in [-0.25, -0.2) is 0 Å². The average Bonchev–Trinajstić information content (AvgIpc) is 3.32. The largest absolute Gasteiger partial charge is 0.456 e. The molecule has 4 aromatic carbocycles. The first-order valence-corrected chi connectivity index (χ1v) is 9.81. The highest BCUT2D eigenvalue weighted by molar-refractivity contribution is 6.16. The number of hydrogen-bond acceptors (Lipinski definition) is 4. The van der Waals surface area contributed by atoms with Crippen LogP contribution in [-0.4, -0.2) is 9.97 Å². The molecule has 0 bridgehead atoms. The van der Waals surface area contributed by atoms with Crippen molar-refractivity contribution in [3.05, 3.63) is 85.3 Å². The van der Waals surface area contributed by atoms with Crippen LogP contribution in [0.1, 0.15) is 0 Å². The number of aromatic nitrogens is 2. The molecular weight excluding hydrogens is 372 g/mol. The Morgan fingerprint density at radius 1 is 0.567 bits per heavy atom. The van der Waals surface area contributed by atoms with Crippen LogP contribution in [0, 0.1) is 0 Å². The molecule has 0 spiro atoms. The Labute approximate surface area is 170 Å². The summed E-state index contributed by atoms with van der Waals surface area (Å²) in [6.07, 6.45) is 5.13. The normalized spacial score (nSPS) is 12.0. The van der Waals surface area contributed by atoms with Gasteiger partial charge in [-0.2, -0.15) is 0 Å². The molecule has 7 rings (SSSR count). The van der Waals surface area contributed by atoms with Gasteiger partial charge in [0.05, 0.1) is 11.9 Å². The molecule has 0 fully saturated rings. The molecule has 0 unspecified atom stereocenters. The maximum atomic E-state index is 6.24. The fourth-order valence-corrected chi connectivity index (χ4v) is 4.34. The summed E-state index contributed by atoms with van der Waals surface area (Å²) in [5.41, 5.74) is 5.25. The van der Waals surface area contributed by atoms with Gasteiger partial charge < -0.3 is 8.83 Å². The van der Waals surface area contributed by atoms with Crippen LogP contribution in [0.3, 0.4) is 0 Å². The molecule has 30 heavy (non-hydrogen) atoms. The Morgan fingerprint density at radius 2 is 1.23 bits per heavy atom. The van der Waals surface area contributed by atoms with Crippen molar-refractivity contribution in [1.29, 1.82) is 0 Å². The standard InChI is InChI=1S/C26H14N2O2/c1-2-4-16-10-24-19(9-15(16)3-1)21-13-25-20(12-26(21)30-24)18-6-5-17(11-23(18)29-25)22-14-27-7-8-28-22/h1-14H. The van der Waals surface area contributed by atoms with E-state index in [0.29, 0.717) is 0 Å². The zero-order valence-corrected chi connectivity index (χ0v) is 15.8. The second kappa shape index (κ2) is 5.67. The Balaban J connectivity index is 1.50. The minimum atomic E-state index is 0.825. The molecule has 0 radical (unpaired) electrons. The van der Waals surface area contributed by atoms with Crippen LogP contribution in [-0.2, 0) is 0 Å². The van der Waals surface area contributed by atoms with E-state index in [1.54, 1.807) is 18.6 Å². The molecule has 0 aliphatic rings. The monoisotopic (exact) mass is 386 g/mol. The van der Waals surface area contributed by atoms with Gasteiger partial charge in [0.15, 0.2) is 0 Å². The van der Waals surface area contributed by atoms with Crippen LogP contribution >= 0.6 is 0 Å². The van der Waals surface area contributed by atoms with Crippen LogP contribution in [0.4, 0.5) is 0 Å². The van der Waals surface area contributed by atoms with Crippen molar-refractivity contribution in [2.45, 2.75) is 0 Å². The molecule has 0 N–H and O–H groups in total. The van der Waals surface area contributed by atoms with Crippen LogP contribution in [0.2, 0.25) is 0 Å². The molecule has 140 valence electrons. The summed E-state index contributed by atoms with van der Waals surface area (Å²) in [5.74, 6) is 0. The predicted octanol–water partition coefficient (Wildman–Crippen LogP) is 7.10. The zero-order chi connectivity index (χ0) is 19.7. The molecule has 0 aliphatic carbocycles. The van der Waals surface area contributed by atoms with Gasteiger partial charge in [0, 0.05) is 39.5 Å². The summed E-state index contributed by atoms with van der Waals surface area (Å²) in [6, 6.07) is 23.0. The average molecular weight is 386 g/mol. The van der Waals surface area contributed by atoms with Crippen molar-refractivity contribution in [3.63, 3.8) is 0 Å². The second-order valence-corrected chi connectivity index (χ2v) is 7.55. The van der Waals surface area contributed by atoms with Crippen molar-refractivity contribution in [2.75, 3.05) is 0 Å². The van der Waals surface area contributed by atoms with E-state index >= 15 is 0 Å². The predicted molar refractivity (Wildman–Crippen MR) is 120 cm³/mol. The maximum Gasteiger partial charge on any atom is 0.136 e. The van der Waals surface area contributed by atoms with E-state index in [1.807, 2.05) is 12.1 Å². The lowest BCUT2D eigenvalue weighted by atomic mass is 10.0. The highest BCUT2D eigenvalue weighted by Crippen LogP contribution is 2.38. The molecule has 4 heteroatoms. The third-order valence-electron chi connectivity index (χ3n) is 5.79. The lowest BCUT2D eigenvalue weighted by molar-refractivity contribution is 0.664. The van der Waals surface area contributed by atoms with Crippen LogP contribution in [0.25, 0.3) is 65.9 Å². The van der Waals surface area contributed by atoms with Gasteiger partial charge in [0.2, 0.25) is 0 Å². The first kappa shape index (κ1) is 15.7. The van der Waals surface area contributed by atoms with Crippen LogP contribution in [0.5, 0.6) is 0 Å². The molecule has 0 aliphatic heterocycles. The van der Waals surface area contributed by atoms with E-state index in [2.05, 4.69) is 64.6 Å². The molecule has 3 aromatic heterocycles. The molecule has 0 saturated carbocycles. The summed E-state index contributed by atoms with van der Waals surface area (Å²) in [7, 11) is 0. The summed E-state index contributed by atoms with van der Waals surface area (Å²) in [5, 5.41) is 6.65. The van der Waals surface area contributed by atoms with E-state index in [0.717, 1.165) is 55.1 Å². The van der Waals surface area contributed by atoms with Crippen molar-refractivity contribution in [2.24, 2.45) is 0 Å². The van der Waals surface area contributed by atoms with E-state index in [9.17, 15) is 0 Å². The van der Waals surface area contributed by atoms with Crippen molar-refractivity contribution in [1.82, 2.24) is 9.97 Å². The first-order chi connectivity index (χ1) is 14.8. The number of fused-ring (bicyclic) bond motifs is 7. The summed E-state index contributed by atoms with van der Waals surface area (Å²) in [6.45, 7) is 0. The minimum absolute atomic E-state index is 0.825. The molecule has 4 nitrogen and oxygen atoms in total. The van der Waals surface area contributed by atoms with E-state index in [1.165, 1.54) is 10.8 Å². The van der Waals surface area contributed by atoms with Gasteiger partial charge >= 0.3 is 0 Å². The fourth-order valence-electron chi connectivity index (χ4n) is 4.34. The van der Waals surface area contributed by atoms with Crippen LogP contribution < -0.4 is 0 Å². The summed E-state index contributed by atoms with van der Waals surface area (Å²) in [4.78, 5) is 8.55. The molecule has 3 heterocycles. The maximum absolute atomic E-state index is 6.24. The third-order valence-corrected chi connectivity index (χ3v) is 5.79. The minimum Gasteiger partial charge on any atom is -0.456 e. The Hall–Kier alpha value is -4.18. The van der Waals surface area contributed by atoms with Gasteiger partial charge in [-0.15, -0.1) is 0 Å². The first-order valence-electron chi connectivity index (χ1n) is 9.81. The van der Waals surface area contributed by atoms with Crippen molar-refractivity contribution in [3.8, 4) is 11.3 Å². The Bertz CT molecular complexity index is 1740. The topological polar surface area (TPSA) is 52.1 Å². The molecule has 0 amide bonds. The third kappa shape index (κ3) is 2.16. The number of hydrogen-bond donors (Lipinski definition) is 0. The molecule has 7 aromatic rings. The second-order valence-electron chi connectivity index (χ2n) is 7.55. The lowest BCUT2D eigenvalue weighted by Crippen LogP contribution is -1.83. The van der Waals surface area contributed by atoms with Gasteiger partial charge in [-0.1, -0.05) is 30.3 Å². The quantitative estimate of drug-likeness (QED) is 0.302. The van der Waals surface area contributed by atoms with Crippen molar-refractivity contribution >= 4 is 54.6 Å². The number of furan rings is 2. The number of rotatable bonds is 1. The SMILES string of the molecule is c1ccc2cc3c(cc2c1)oc1cc2c(cc13)oc1cc(-c3cnccn3)ccc12. The number of benzene rings is 4. The summed E-state index contributed by atoms with van der Waals surface area (Å²) < 4.78 is 12.5. The smallest absolute Gasteiger partial charge is 0.136 e. The molecule has 0 atom stereocenters. The Morgan fingerprint density at radius 3 is 2.00 bits per heavy atom. The van der Waals surface area contributed by atoms with Crippen LogP contribution in [0.15, 0.2) is 94.2 Å². The lowest BCUT2D eigenvalue weighted by Gasteiger charge is -1.99. The van der Waals surface area contributed by atoms with E-state index < -0.39 is 0 Å². The molecule has 0 saturated heterocycles. The highest BCUT2D eigenvalue weighted by Gasteiger charge is 2.14. The molecular formula is C26H14N2O2. The van der Waals surface area contributed by atoms with Gasteiger partial charge in [0.1, 0.15) is 22.3 Å². The highest BCUT2D eigenvalue weighted by atomic mass is 16.3. The van der Waals surface area contributed by atoms with Gasteiger partial charge in [0.25, 0.3) is 0 Å². The summed E-state index contributed by atoms with van der Waals surface area (Å²) >= 11 is 0. The fraction of sp³-hybridized carbons (Fsp3) is 0.